The molecule has 0 spiro atoms. The maximum absolute atomic E-state index is 11.7. The van der Waals surface area contributed by atoms with Crippen LogP contribution in [0.2, 0.25) is 15.7 Å². The van der Waals surface area contributed by atoms with E-state index in [0.717, 1.165) is 11.0 Å². The molecule has 0 atom stereocenters. The number of halogens is 3. The molecule has 4 N–H and O–H groups in total. The van der Waals surface area contributed by atoms with E-state index in [-0.39, 0.29) is 27.8 Å². The first-order valence-corrected chi connectivity index (χ1v) is 12.4. The lowest BCUT2D eigenvalue weighted by Crippen LogP contribution is -2.05. The fraction of sp³-hybridized carbons (Fsp3) is 0.120. The maximum Gasteiger partial charge on any atom is 0.272 e. The smallest absolute Gasteiger partial charge is 0.272 e. The molecule has 4 heterocycles. The van der Waals surface area contributed by atoms with Gasteiger partial charge in [0.2, 0.25) is 10.6 Å². The third-order valence-corrected chi connectivity index (χ3v) is 5.09. The Balaban J connectivity index is 0.000000163. The van der Waals surface area contributed by atoms with Gasteiger partial charge in [0.1, 0.15) is 5.15 Å². The predicted octanol–water partition coefficient (Wildman–Crippen LogP) is 4.79. The number of benzene rings is 2. The zero-order valence-electron chi connectivity index (χ0n) is 20.6. The second-order valence-corrected chi connectivity index (χ2v) is 8.91. The lowest BCUT2D eigenvalue weighted by molar-refractivity contribution is 0.216. The highest BCUT2D eigenvalue weighted by molar-refractivity contribution is 6.31. The molecule has 0 unspecified atom stereocenters. The van der Waals surface area contributed by atoms with Crippen LogP contribution in [0, 0.1) is 0 Å². The number of nitrogens with zero attached hydrogens (tertiary/aromatic N) is 5. The van der Waals surface area contributed by atoms with E-state index in [1.807, 2.05) is 36.4 Å². The summed E-state index contributed by atoms with van der Waals surface area (Å²) in [5.41, 5.74) is 1.39. The van der Waals surface area contributed by atoms with Crippen molar-refractivity contribution < 1.29 is 5.11 Å². The van der Waals surface area contributed by atoms with Gasteiger partial charge in [-0.3, -0.25) is 24.9 Å². The van der Waals surface area contributed by atoms with Crippen molar-refractivity contribution in [2.75, 3.05) is 0 Å². The van der Waals surface area contributed by atoms with Crippen molar-refractivity contribution in [1.82, 2.24) is 39.9 Å². The maximum atomic E-state index is 11.7. The number of aromatic nitrogens is 8. The number of hydrogen-bond donors (Lipinski definition) is 4. The number of aromatic amines is 3. The largest absolute Gasteiger partial charge is 0.394 e. The van der Waals surface area contributed by atoms with Crippen molar-refractivity contribution in [3.8, 4) is 5.82 Å². The first-order chi connectivity index (χ1) is 18.7. The highest BCUT2D eigenvalue weighted by Gasteiger charge is 2.08. The van der Waals surface area contributed by atoms with Gasteiger partial charge in [0.05, 0.1) is 21.8 Å². The Morgan fingerprint density at radius 1 is 0.769 bits per heavy atom. The third-order valence-electron chi connectivity index (χ3n) is 4.52. The van der Waals surface area contributed by atoms with Gasteiger partial charge in [-0.15, -0.1) is 0 Å². The zero-order valence-corrected chi connectivity index (χ0v) is 22.9. The number of rotatable bonds is 1. The fourth-order valence-corrected chi connectivity index (χ4v) is 3.48. The van der Waals surface area contributed by atoms with Crippen LogP contribution in [0.5, 0.6) is 0 Å². The molecule has 0 aliphatic rings. The van der Waals surface area contributed by atoms with Crippen LogP contribution < -0.4 is 11.1 Å². The number of para-hydroxylation sites is 2. The average Bonchev–Trinajstić information content (AvgIpc) is 3.45. The number of hydrogen-bond acceptors (Lipinski definition) is 7. The normalized spacial score (nSPS) is 10.2. The summed E-state index contributed by atoms with van der Waals surface area (Å²) in [5, 5.41) is 18.0. The minimum Gasteiger partial charge on any atom is -0.394 e. The summed E-state index contributed by atoms with van der Waals surface area (Å²) in [5.74, 6) is 0.531. The SMILES string of the molecule is CC(C)O.Clc1ccnc(Cl)n1.O=c1[nH][nH]c2ccccc12.O=c1[nH]n(-c2ccnc(Cl)n2)c2ccccc12. The first-order valence-electron chi connectivity index (χ1n) is 11.3. The third kappa shape index (κ3) is 8.76. The highest BCUT2D eigenvalue weighted by Crippen LogP contribution is 2.14. The summed E-state index contributed by atoms with van der Waals surface area (Å²) < 4.78 is 1.59. The molecule has 202 valence electrons. The number of aliphatic hydroxyl groups is 1. The molecule has 11 nitrogen and oxygen atoms in total. The summed E-state index contributed by atoms with van der Waals surface area (Å²) in [6, 6.07) is 17.9. The molecule has 0 saturated heterocycles. The molecular weight excluding hydrogens is 567 g/mol. The van der Waals surface area contributed by atoms with Gasteiger partial charge < -0.3 is 5.11 Å². The van der Waals surface area contributed by atoms with Gasteiger partial charge in [-0.25, -0.2) is 19.6 Å². The Morgan fingerprint density at radius 2 is 1.36 bits per heavy atom. The molecule has 0 radical (unpaired) electrons. The number of aliphatic hydroxyl groups excluding tert-OH is 1. The molecule has 0 fully saturated rings. The number of H-pyrrole nitrogens is 3. The van der Waals surface area contributed by atoms with Crippen molar-refractivity contribution in [3.05, 3.63) is 109 Å². The molecule has 2 aromatic carbocycles. The number of fused-ring (bicyclic) bond motifs is 2. The molecule has 14 heteroatoms. The fourth-order valence-electron chi connectivity index (χ4n) is 3.01. The van der Waals surface area contributed by atoms with E-state index >= 15 is 0 Å². The summed E-state index contributed by atoms with van der Waals surface area (Å²) in [6.45, 7) is 3.44. The Morgan fingerprint density at radius 3 is 1.95 bits per heavy atom. The minimum atomic E-state index is -0.167. The molecule has 0 bridgehead atoms. The lowest BCUT2D eigenvalue weighted by atomic mass is 10.2. The van der Waals surface area contributed by atoms with Crippen LogP contribution in [0.1, 0.15) is 13.8 Å². The van der Waals surface area contributed by atoms with Gasteiger partial charge in [0, 0.05) is 24.6 Å². The molecular formula is C25H23Cl3N8O3. The monoisotopic (exact) mass is 588 g/mol. The van der Waals surface area contributed by atoms with Crippen LogP contribution in [0.4, 0.5) is 0 Å². The minimum absolute atomic E-state index is 0.0596. The molecule has 6 rings (SSSR count). The molecule has 39 heavy (non-hydrogen) atoms. The molecule has 0 aliphatic carbocycles. The quantitative estimate of drug-likeness (QED) is 0.159. The van der Waals surface area contributed by atoms with E-state index in [9.17, 15) is 9.59 Å². The van der Waals surface area contributed by atoms with Crippen molar-refractivity contribution in [3.63, 3.8) is 0 Å². The van der Waals surface area contributed by atoms with Crippen LogP contribution in [0.3, 0.4) is 0 Å². The first kappa shape index (κ1) is 29.5. The molecule has 0 amide bonds. The summed E-state index contributed by atoms with van der Waals surface area (Å²) >= 11 is 16.5. The van der Waals surface area contributed by atoms with E-state index in [0.29, 0.717) is 21.7 Å². The van der Waals surface area contributed by atoms with Crippen LogP contribution >= 0.6 is 34.8 Å². The van der Waals surface area contributed by atoms with E-state index in [4.69, 9.17) is 39.9 Å². The van der Waals surface area contributed by atoms with Crippen molar-refractivity contribution in [2.24, 2.45) is 0 Å². The van der Waals surface area contributed by atoms with Crippen LogP contribution in [0.25, 0.3) is 27.6 Å². The van der Waals surface area contributed by atoms with E-state index < -0.39 is 0 Å². The molecule has 0 saturated carbocycles. The van der Waals surface area contributed by atoms with Gasteiger partial charge in [-0.1, -0.05) is 35.9 Å². The Labute approximate surface area is 236 Å². The summed E-state index contributed by atoms with van der Waals surface area (Å²) in [7, 11) is 0. The van der Waals surface area contributed by atoms with Crippen LogP contribution in [-0.2, 0) is 0 Å². The molecule has 0 aliphatic heterocycles. The Hall–Kier alpha value is -4.03. The highest BCUT2D eigenvalue weighted by atomic mass is 35.5. The van der Waals surface area contributed by atoms with Crippen molar-refractivity contribution in [1.29, 1.82) is 0 Å². The van der Waals surface area contributed by atoms with Gasteiger partial charge >= 0.3 is 0 Å². The van der Waals surface area contributed by atoms with Crippen molar-refractivity contribution in [2.45, 2.75) is 20.0 Å². The second-order valence-electron chi connectivity index (χ2n) is 7.84. The van der Waals surface area contributed by atoms with Crippen LogP contribution in [-0.4, -0.2) is 51.1 Å². The summed E-state index contributed by atoms with van der Waals surface area (Å²) in [6.07, 6.45) is 2.87. The second kappa shape index (κ2) is 14.2. The zero-order chi connectivity index (χ0) is 28.4. The van der Waals surface area contributed by atoms with Gasteiger partial charge in [0.25, 0.3) is 11.1 Å². The van der Waals surface area contributed by atoms with E-state index in [1.165, 1.54) is 12.4 Å². The Kier molecular flexibility index (Phi) is 10.8. The molecule has 6 aromatic rings. The lowest BCUT2D eigenvalue weighted by Gasteiger charge is -2.02. The number of nitrogens with one attached hydrogen (secondary N) is 3. The van der Waals surface area contributed by atoms with E-state index in [2.05, 4.69) is 35.2 Å². The van der Waals surface area contributed by atoms with Gasteiger partial charge in [-0.2, -0.15) is 4.98 Å². The van der Waals surface area contributed by atoms with E-state index in [1.54, 1.807) is 42.8 Å². The average molecular weight is 590 g/mol. The van der Waals surface area contributed by atoms with Crippen molar-refractivity contribution >= 4 is 56.6 Å². The van der Waals surface area contributed by atoms with Crippen LogP contribution in [0.15, 0.2) is 82.6 Å². The van der Waals surface area contributed by atoms with Gasteiger partial charge in [0.15, 0.2) is 5.82 Å². The standard InChI is InChI=1S/C11H7ClN4O.C7H6N2O.C4H2Cl2N2.C3H8O/c12-11-13-6-5-9(14-11)16-8-4-2-1-3-7(8)10(17)15-16;10-7-5-3-1-2-4-6(5)8-9-7;5-3-1-2-7-4(6)8-3;1-3(2)4/h1-6H,(H,15,17);1-4H,(H2,8,9,10);1-2H;3-4H,1-2H3. The summed E-state index contributed by atoms with van der Waals surface area (Å²) in [4.78, 5) is 37.7. The molecule has 4 aromatic heterocycles. The topological polar surface area (TPSA) is 158 Å². The Bertz CT molecular complexity index is 1740. The predicted molar refractivity (Wildman–Crippen MR) is 153 cm³/mol. The van der Waals surface area contributed by atoms with Gasteiger partial charge in [-0.05, 0) is 67.4 Å².